The molecule has 6 heteroatoms. The lowest BCUT2D eigenvalue weighted by Crippen LogP contribution is -2.20. The minimum Gasteiger partial charge on any atom is -0.496 e. The predicted octanol–water partition coefficient (Wildman–Crippen LogP) is 3.35. The molecule has 0 spiro atoms. The molecule has 126 valence electrons. The first-order valence-electron chi connectivity index (χ1n) is 8.14. The minimum atomic E-state index is -0.140. The van der Waals surface area contributed by atoms with E-state index in [0.29, 0.717) is 5.95 Å². The smallest absolute Gasteiger partial charge is 0.248 e. The van der Waals surface area contributed by atoms with Crippen LogP contribution in [0.2, 0.25) is 0 Å². The lowest BCUT2D eigenvalue weighted by Gasteiger charge is -2.24. The van der Waals surface area contributed by atoms with Crippen molar-refractivity contribution in [3.8, 4) is 5.75 Å². The molecule has 0 bridgehead atoms. The molecule has 0 amide bonds. The number of benzene rings is 2. The number of para-hydroxylation sites is 1. The Bertz CT molecular complexity index is 960. The highest BCUT2D eigenvalue weighted by atomic mass is 16.5. The summed E-state index contributed by atoms with van der Waals surface area (Å²) in [5, 5.41) is 15.4. The summed E-state index contributed by atoms with van der Waals surface area (Å²) in [7, 11) is 1.67. The molecule has 6 nitrogen and oxygen atoms in total. The van der Waals surface area contributed by atoms with E-state index in [2.05, 4.69) is 59.0 Å². The predicted molar refractivity (Wildman–Crippen MR) is 96.5 cm³/mol. The number of fused-ring (bicyclic) bond motifs is 1. The van der Waals surface area contributed by atoms with E-state index in [0.717, 1.165) is 22.6 Å². The Labute approximate surface area is 146 Å². The van der Waals surface area contributed by atoms with Gasteiger partial charge in [-0.05, 0) is 59.2 Å². The molecule has 0 saturated heterocycles. The molecule has 3 aromatic rings. The van der Waals surface area contributed by atoms with Gasteiger partial charge in [-0.1, -0.05) is 35.4 Å². The van der Waals surface area contributed by atoms with E-state index in [4.69, 9.17) is 4.74 Å². The Balaban J connectivity index is 1.84. The van der Waals surface area contributed by atoms with Gasteiger partial charge in [0.1, 0.15) is 11.8 Å². The average molecular weight is 333 g/mol. The summed E-state index contributed by atoms with van der Waals surface area (Å²) >= 11 is 0. The van der Waals surface area contributed by atoms with Crippen molar-refractivity contribution in [1.29, 1.82) is 0 Å². The minimum absolute atomic E-state index is 0.140. The monoisotopic (exact) mass is 333 g/mol. The van der Waals surface area contributed by atoms with E-state index in [-0.39, 0.29) is 6.04 Å². The van der Waals surface area contributed by atoms with Crippen LogP contribution in [0.3, 0.4) is 0 Å². The Kier molecular flexibility index (Phi) is 3.72. The Hall–Kier alpha value is -3.15. The molecule has 1 aliphatic heterocycles. The van der Waals surface area contributed by atoms with Crippen molar-refractivity contribution in [3.63, 3.8) is 0 Å². The fraction of sp³-hybridized carbons (Fsp3) is 0.211. The Morgan fingerprint density at radius 3 is 2.72 bits per heavy atom. The van der Waals surface area contributed by atoms with Crippen LogP contribution in [0.5, 0.6) is 5.75 Å². The molecule has 1 atom stereocenters. The summed E-state index contributed by atoms with van der Waals surface area (Å²) in [6.07, 6.45) is 2.13. The van der Waals surface area contributed by atoms with E-state index in [1.165, 1.54) is 11.1 Å². The summed E-state index contributed by atoms with van der Waals surface area (Å²) in [6, 6.07) is 14.2. The number of methoxy groups -OCH3 is 1. The molecule has 1 aromatic heterocycles. The number of ether oxygens (including phenoxy) is 1. The Morgan fingerprint density at radius 1 is 1.08 bits per heavy atom. The topological polar surface area (TPSA) is 64.9 Å². The third-order valence-electron chi connectivity index (χ3n) is 4.60. The fourth-order valence-electron chi connectivity index (χ4n) is 3.06. The first kappa shape index (κ1) is 15.4. The van der Waals surface area contributed by atoms with Crippen molar-refractivity contribution in [2.24, 2.45) is 0 Å². The second-order valence-corrected chi connectivity index (χ2v) is 6.14. The van der Waals surface area contributed by atoms with Crippen LogP contribution < -0.4 is 10.1 Å². The molecule has 1 N–H and O–H groups in total. The summed E-state index contributed by atoms with van der Waals surface area (Å²) in [5.41, 5.74) is 5.63. The van der Waals surface area contributed by atoms with Crippen molar-refractivity contribution in [1.82, 2.24) is 20.2 Å². The molecule has 0 unspecified atom stereocenters. The zero-order chi connectivity index (χ0) is 17.4. The zero-order valence-corrected chi connectivity index (χ0v) is 14.4. The summed E-state index contributed by atoms with van der Waals surface area (Å²) in [6.45, 7) is 4.23. The van der Waals surface area contributed by atoms with Gasteiger partial charge >= 0.3 is 0 Å². The Morgan fingerprint density at radius 2 is 1.92 bits per heavy atom. The van der Waals surface area contributed by atoms with Crippen LogP contribution in [0.1, 0.15) is 28.3 Å². The molecular formula is C19H19N5O. The summed E-state index contributed by atoms with van der Waals surface area (Å²) < 4.78 is 7.30. The highest BCUT2D eigenvalue weighted by Crippen LogP contribution is 2.35. The van der Waals surface area contributed by atoms with Crippen LogP contribution in [-0.2, 0) is 0 Å². The lowest BCUT2D eigenvalue weighted by atomic mass is 9.99. The van der Waals surface area contributed by atoms with Gasteiger partial charge in [-0.15, -0.1) is 0 Å². The van der Waals surface area contributed by atoms with Crippen LogP contribution in [0.4, 0.5) is 5.95 Å². The van der Waals surface area contributed by atoms with Gasteiger partial charge in [0.25, 0.3) is 0 Å². The van der Waals surface area contributed by atoms with E-state index < -0.39 is 0 Å². The normalized spacial score (nSPS) is 16.0. The second kappa shape index (κ2) is 6.05. The number of rotatable bonds is 3. The highest BCUT2D eigenvalue weighted by Gasteiger charge is 2.26. The van der Waals surface area contributed by atoms with Crippen LogP contribution >= 0.6 is 0 Å². The molecule has 0 saturated carbocycles. The summed E-state index contributed by atoms with van der Waals surface area (Å²) in [5.74, 6) is 1.43. The number of aromatic nitrogens is 4. The van der Waals surface area contributed by atoms with Crippen LogP contribution in [-0.4, -0.2) is 27.3 Å². The highest BCUT2D eigenvalue weighted by molar-refractivity contribution is 5.77. The van der Waals surface area contributed by atoms with Gasteiger partial charge in [0.05, 0.1) is 7.11 Å². The number of tetrazole rings is 1. The maximum absolute atomic E-state index is 5.53. The second-order valence-electron chi connectivity index (χ2n) is 6.14. The van der Waals surface area contributed by atoms with E-state index in [1.807, 2.05) is 24.3 Å². The molecule has 0 radical (unpaired) electrons. The molecular weight excluding hydrogens is 314 g/mol. The van der Waals surface area contributed by atoms with Crippen LogP contribution in [0.15, 0.2) is 48.5 Å². The number of hydrogen-bond donors (Lipinski definition) is 1. The molecule has 0 aliphatic carbocycles. The van der Waals surface area contributed by atoms with Gasteiger partial charge in [-0.25, -0.2) is 0 Å². The molecule has 1 aliphatic rings. The van der Waals surface area contributed by atoms with Gasteiger partial charge < -0.3 is 10.1 Å². The van der Waals surface area contributed by atoms with Crippen LogP contribution in [0.25, 0.3) is 5.70 Å². The van der Waals surface area contributed by atoms with Crippen molar-refractivity contribution >= 4 is 11.6 Å². The van der Waals surface area contributed by atoms with Gasteiger partial charge in [0.15, 0.2) is 0 Å². The number of nitrogens with one attached hydrogen (secondary N) is 1. The lowest BCUT2D eigenvalue weighted by molar-refractivity contribution is 0.403. The number of aryl methyl sites for hydroxylation is 2. The quantitative estimate of drug-likeness (QED) is 0.796. The standard InChI is InChI=1S/C19H19N5O/c1-12-8-9-14(10-13(12)2)16-11-17(24-19(20-16)21-22-23-24)15-6-4-5-7-18(15)25-3/h4-11,17H,1-3H3,(H,20,21,23)/t17-/m0/s1. The number of nitrogens with zero attached hydrogens (tertiary/aromatic N) is 4. The maximum atomic E-state index is 5.53. The van der Waals surface area contributed by atoms with E-state index >= 15 is 0 Å². The number of hydrogen-bond acceptors (Lipinski definition) is 5. The number of anilines is 1. The summed E-state index contributed by atoms with van der Waals surface area (Å²) in [4.78, 5) is 0. The van der Waals surface area contributed by atoms with Crippen molar-refractivity contribution in [2.75, 3.05) is 12.4 Å². The first-order valence-corrected chi connectivity index (χ1v) is 8.14. The van der Waals surface area contributed by atoms with Crippen LogP contribution in [0, 0.1) is 13.8 Å². The van der Waals surface area contributed by atoms with Crippen molar-refractivity contribution < 1.29 is 4.74 Å². The zero-order valence-electron chi connectivity index (χ0n) is 14.4. The molecule has 0 fully saturated rings. The first-order chi connectivity index (χ1) is 12.2. The molecule has 4 rings (SSSR count). The fourth-order valence-corrected chi connectivity index (χ4v) is 3.06. The SMILES string of the molecule is COc1ccccc1[C@@H]1C=C(c2ccc(C)c(C)c2)Nc2nnnn21. The average Bonchev–Trinajstić information content (AvgIpc) is 3.12. The molecule has 2 aromatic carbocycles. The largest absolute Gasteiger partial charge is 0.496 e. The molecule has 25 heavy (non-hydrogen) atoms. The van der Waals surface area contributed by atoms with Crippen molar-refractivity contribution in [2.45, 2.75) is 19.9 Å². The van der Waals surface area contributed by atoms with Crippen molar-refractivity contribution in [3.05, 3.63) is 70.8 Å². The van der Waals surface area contributed by atoms with E-state index in [9.17, 15) is 0 Å². The number of allylic oxidation sites excluding steroid dienone is 1. The third-order valence-corrected chi connectivity index (χ3v) is 4.60. The van der Waals surface area contributed by atoms with Gasteiger partial charge in [0.2, 0.25) is 5.95 Å². The maximum Gasteiger partial charge on any atom is 0.248 e. The van der Waals surface area contributed by atoms with Gasteiger partial charge in [-0.3, -0.25) is 0 Å². The van der Waals surface area contributed by atoms with Gasteiger partial charge in [-0.2, -0.15) is 4.68 Å². The third kappa shape index (κ3) is 2.65. The van der Waals surface area contributed by atoms with Gasteiger partial charge in [0, 0.05) is 11.3 Å². The molecule has 2 heterocycles. The van der Waals surface area contributed by atoms with E-state index in [1.54, 1.807) is 11.8 Å².